The Labute approximate surface area is 128 Å². The summed E-state index contributed by atoms with van der Waals surface area (Å²) in [5.41, 5.74) is 3.07. The molecule has 5 nitrogen and oxygen atoms in total. The van der Waals surface area contributed by atoms with E-state index in [0.29, 0.717) is 17.9 Å². The Bertz CT molecular complexity index is 723. The zero-order valence-corrected chi connectivity index (χ0v) is 12.2. The van der Waals surface area contributed by atoms with Gasteiger partial charge in [-0.25, -0.2) is 4.79 Å². The number of Topliss-reactive ketones (excluding diaryl/α,β-unsaturated/α-hetero) is 1. The van der Waals surface area contributed by atoms with Crippen molar-refractivity contribution in [2.24, 2.45) is 0 Å². The number of ketones is 1. The summed E-state index contributed by atoms with van der Waals surface area (Å²) in [4.78, 5) is 23.2. The monoisotopic (exact) mass is 296 g/mol. The molecule has 1 aliphatic rings. The number of nitrogens with one attached hydrogen (secondary N) is 2. The van der Waals surface area contributed by atoms with E-state index in [1.807, 2.05) is 18.2 Å². The van der Waals surface area contributed by atoms with Crippen molar-refractivity contribution in [3.63, 3.8) is 0 Å². The first kappa shape index (κ1) is 14.1. The molecule has 0 atom stereocenters. The Morgan fingerprint density at radius 3 is 2.41 bits per heavy atom. The molecule has 2 N–H and O–H groups in total. The molecule has 5 heteroatoms. The third-order valence-electron chi connectivity index (χ3n) is 3.50. The van der Waals surface area contributed by atoms with E-state index < -0.39 is 0 Å². The van der Waals surface area contributed by atoms with E-state index >= 15 is 0 Å². The van der Waals surface area contributed by atoms with Gasteiger partial charge in [0.2, 0.25) is 0 Å². The fourth-order valence-electron chi connectivity index (χ4n) is 2.35. The molecule has 2 amide bonds. The summed E-state index contributed by atoms with van der Waals surface area (Å²) in [5, 5.41) is 5.52. The molecule has 0 aromatic heterocycles. The van der Waals surface area contributed by atoms with Crippen LogP contribution in [0.15, 0.2) is 42.5 Å². The normalized spacial score (nSPS) is 12.2. The van der Waals surface area contributed by atoms with Crippen molar-refractivity contribution in [3.05, 3.63) is 53.6 Å². The molecule has 0 spiro atoms. The number of anilines is 2. The van der Waals surface area contributed by atoms with Crippen LogP contribution in [0.1, 0.15) is 22.8 Å². The quantitative estimate of drug-likeness (QED) is 0.852. The van der Waals surface area contributed by atoms with E-state index in [9.17, 15) is 9.59 Å². The number of benzene rings is 2. The standard InChI is InChI=1S/C17H16N2O3/c1-11(20)12-2-4-14(5-3-12)18-17(21)19-15-6-7-16-13(10-15)8-9-22-16/h2-7,10H,8-9H2,1H3,(H2,18,19,21). The van der Waals surface area contributed by atoms with Crippen LogP contribution in [0, 0.1) is 0 Å². The summed E-state index contributed by atoms with van der Waals surface area (Å²) < 4.78 is 5.43. The van der Waals surface area contributed by atoms with Crippen LogP contribution >= 0.6 is 0 Å². The maximum absolute atomic E-state index is 12.0. The van der Waals surface area contributed by atoms with Crippen LogP contribution in [0.25, 0.3) is 0 Å². The van der Waals surface area contributed by atoms with Gasteiger partial charge >= 0.3 is 6.03 Å². The first-order valence-electron chi connectivity index (χ1n) is 7.06. The molecule has 0 unspecified atom stereocenters. The summed E-state index contributed by atoms with van der Waals surface area (Å²) in [6, 6.07) is 12.0. The Morgan fingerprint density at radius 1 is 1.00 bits per heavy atom. The lowest BCUT2D eigenvalue weighted by molar-refractivity contribution is 0.101. The maximum Gasteiger partial charge on any atom is 0.323 e. The van der Waals surface area contributed by atoms with Gasteiger partial charge in [-0.05, 0) is 55.0 Å². The van der Waals surface area contributed by atoms with Crippen LogP contribution in [-0.4, -0.2) is 18.4 Å². The van der Waals surface area contributed by atoms with Gasteiger partial charge in [0.05, 0.1) is 6.61 Å². The van der Waals surface area contributed by atoms with Gasteiger partial charge in [-0.3, -0.25) is 4.79 Å². The molecule has 3 rings (SSSR count). The van der Waals surface area contributed by atoms with Crippen LogP contribution in [-0.2, 0) is 6.42 Å². The van der Waals surface area contributed by atoms with Crippen molar-refractivity contribution in [2.75, 3.05) is 17.2 Å². The molecule has 1 aliphatic heterocycles. The Kier molecular flexibility index (Phi) is 3.78. The Hall–Kier alpha value is -2.82. The lowest BCUT2D eigenvalue weighted by Gasteiger charge is -2.09. The van der Waals surface area contributed by atoms with E-state index in [1.165, 1.54) is 6.92 Å². The zero-order valence-electron chi connectivity index (χ0n) is 12.2. The van der Waals surface area contributed by atoms with Gasteiger partial charge in [0.1, 0.15) is 5.75 Å². The number of carbonyl (C=O) groups is 2. The number of hydrogen-bond donors (Lipinski definition) is 2. The fraction of sp³-hybridized carbons (Fsp3) is 0.176. The predicted molar refractivity (Wildman–Crippen MR) is 84.7 cm³/mol. The van der Waals surface area contributed by atoms with Crippen LogP contribution in [0.4, 0.5) is 16.2 Å². The first-order chi connectivity index (χ1) is 10.6. The molecule has 1 heterocycles. The molecule has 22 heavy (non-hydrogen) atoms. The summed E-state index contributed by atoms with van der Waals surface area (Å²) in [6.45, 7) is 2.19. The molecule has 0 fully saturated rings. The maximum atomic E-state index is 12.0. The smallest absolute Gasteiger partial charge is 0.323 e. The van der Waals surface area contributed by atoms with Crippen molar-refractivity contribution < 1.29 is 14.3 Å². The largest absolute Gasteiger partial charge is 0.493 e. The van der Waals surface area contributed by atoms with Crippen molar-refractivity contribution in [3.8, 4) is 5.75 Å². The van der Waals surface area contributed by atoms with Crippen LogP contribution in [0.3, 0.4) is 0 Å². The third kappa shape index (κ3) is 3.09. The van der Waals surface area contributed by atoms with Gasteiger partial charge in [-0.1, -0.05) is 0 Å². The van der Waals surface area contributed by atoms with Gasteiger partial charge in [-0.15, -0.1) is 0 Å². The summed E-state index contributed by atoms with van der Waals surface area (Å²) in [6.07, 6.45) is 0.860. The molecule has 112 valence electrons. The Balaban J connectivity index is 1.63. The van der Waals surface area contributed by atoms with Crippen molar-refractivity contribution >= 4 is 23.2 Å². The number of hydrogen-bond acceptors (Lipinski definition) is 3. The number of rotatable bonds is 3. The number of urea groups is 1. The molecule has 0 radical (unpaired) electrons. The molecule has 0 bridgehead atoms. The molecule has 2 aromatic carbocycles. The molecular weight excluding hydrogens is 280 g/mol. The molecule has 2 aromatic rings. The summed E-state index contributed by atoms with van der Waals surface area (Å²) >= 11 is 0. The van der Waals surface area contributed by atoms with Gasteiger partial charge < -0.3 is 15.4 Å². The average Bonchev–Trinajstić information content (AvgIpc) is 2.95. The Morgan fingerprint density at radius 2 is 1.68 bits per heavy atom. The minimum Gasteiger partial charge on any atom is -0.493 e. The van der Waals surface area contributed by atoms with E-state index in [2.05, 4.69) is 10.6 Å². The van der Waals surface area contributed by atoms with E-state index in [1.54, 1.807) is 24.3 Å². The number of amides is 2. The van der Waals surface area contributed by atoms with Gasteiger partial charge in [0.15, 0.2) is 5.78 Å². The lowest BCUT2D eigenvalue weighted by atomic mass is 10.1. The first-order valence-corrected chi connectivity index (χ1v) is 7.06. The van der Waals surface area contributed by atoms with E-state index in [0.717, 1.165) is 23.4 Å². The minimum atomic E-state index is -0.325. The highest BCUT2D eigenvalue weighted by molar-refractivity contribution is 6.00. The molecular formula is C17H16N2O3. The minimum absolute atomic E-state index is 0.00337. The number of ether oxygens (including phenoxy) is 1. The molecule has 0 aliphatic carbocycles. The van der Waals surface area contributed by atoms with E-state index in [4.69, 9.17) is 4.74 Å². The SMILES string of the molecule is CC(=O)c1ccc(NC(=O)Nc2ccc3c(c2)CCO3)cc1. The van der Waals surface area contributed by atoms with Gasteiger partial charge in [0.25, 0.3) is 0 Å². The summed E-state index contributed by atoms with van der Waals surface area (Å²) in [5.74, 6) is 0.877. The van der Waals surface area contributed by atoms with Crippen molar-refractivity contribution in [2.45, 2.75) is 13.3 Å². The van der Waals surface area contributed by atoms with E-state index in [-0.39, 0.29) is 11.8 Å². The second-order valence-corrected chi connectivity index (χ2v) is 5.13. The zero-order chi connectivity index (χ0) is 15.5. The highest BCUT2D eigenvalue weighted by atomic mass is 16.5. The van der Waals surface area contributed by atoms with Crippen LogP contribution in [0.5, 0.6) is 5.75 Å². The number of fused-ring (bicyclic) bond motifs is 1. The van der Waals surface area contributed by atoms with Crippen molar-refractivity contribution in [1.82, 2.24) is 0 Å². The number of carbonyl (C=O) groups excluding carboxylic acids is 2. The predicted octanol–water partition coefficient (Wildman–Crippen LogP) is 3.47. The average molecular weight is 296 g/mol. The van der Waals surface area contributed by atoms with Gasteiger partial charge in [-0.2, -0.15) is 0 Å². The third-order valence-corrected chi connectivity index (χ3v) is 3.50. The van der Waals surface area contributed by atoms with Crippen molar-refractivity contribution in [1.29, 1.82) is 0 Å². The topological polar surface area (TPSA) is 67.4 Å². The highest BCUT2D eigenvalue weighted by Gasteiger charge is 2.13. The second kappa shape index (κ2) is 5.89. The molecule has 0 saturated heterocycles. The molecule has 0 saturated carbocycles. The van der Waals surface area contributed by atoms with Crippen LogP contribution in [0.2, 0.25) is 0 Å². The van der Waals surface area contributed by atoms with Gasteiger partial charge in [0, 0.05) is 23.4 Å². The second-order valence-electron chi connectivity index (χ2n) is 5.13. The van der Waals surface area contributed by atoms with Crippen LogP contribution < -0.4 is 15.4 Å². The lowest BCUT2D eigenvalue weighted by Crippen LogP contribution is -2.19. The highest BCUT2D eigenvalue weighted by Crippen LogP contribution is 2.27. The summed E-state index contributed by atoms with van der Waals surface area (Å²) in [7, 11) is 0. The fourth-order valence-corrected chi connectivity index (χ4v) is 2.35.